The van der Waals surface area contributed by atoms with E-state index in [1.165, 1.54) is 4.90 Å². The van der Waals surface area contributed by atoms with Gasteiger partial charge in [0.15, 0.2) is 0 Å². The van der Waals surface area contributed by atoms with E-state index in [9.17, 15) is 22.8 Å². The van der Waals surface area contributed by atoms with Crippen LogP contribution in [0.1, 0.15) is 44.9 Å². The van der Waals surface area contributed by atoms with Gasteiger partial charge in [-0.3, -0.25) is 19.2 Å². The molecule has 12 nitrogen and oxygen atoms in total. The summed E-state index contributed by atoms with van der Waals surface area (Å²) < 4.78 is 44.4. The number of ether oxygens (including phenoxy) is 3. The molecule has 1 aromatic carbocycles. The average molecular weight is 633 g/mol. The van der Waals surface area contributed by atoms with Crippen molar-refractivity contribution >= 4 is 50.3 Å². The number of nitrogens with zero attached hydrogens (tertiary/aromatic N) is 2. The minimum atomic E-state index is -3.83. The van der Waals surface area contributed by atoms with Crippen LogP contribution in [-0.4, -0.2) is 79.4 Å². The first kappa shape index (κ1) is 29.5. The van der Waals surface area contributed by atoms with Gasteiger partial charge in [0.25, 0.3) is 5.91 Å². The largest absolute Gasteiger partial charge is 0.497 e. The van der Waals surface area contributed by atoms with Crippen LogP contribution in [-0.2, 0) is 24.3 Å². The van der Waals surface area contributed by atoms with Crippen LogP contribution < -0.4 is 19.5 Å². The Kier molecular flexibility index (Phi) is 7.88. The molecule has 1 saturated heterocycles. The van der Waals surface area contributed by atoms with Gasteiger partial charge in [0.2, 0.25) is 21.8 Å². The number of methoxy groups -OCH3 is 1. The summed E-state index contributed by atoms with van der Waals surface area (Å²) in [5.74, 6) is -0.860. The normalized spacial score (nSPS) is 28.5. The fraction of sp³-hybridized carbons (Fsp3) is 0.517. The van der Waals surface area contributed by atoms with Crippen LogP contribution in [0.15, 0.2) is 36.4 Å². The highest BCUT2D eigenvalue weighted by Gasteiger charge is 2.62. The molecule has 3 amide bonds. The number of fused-ring (bicyclic) bond motifs is 3. The number of hydrogen-bond acceptors (Lipinski definition) is 9. The van der Waals surface area contributed by atoms with Crippen molar-refractivity contribution in [3.8, 4) is 11.6 Å². The Morgan fingerprint density at radius 1 is 1.23 bits per heavy atom. The number of allylic oxidation sites excluding steroid dienone is 1. The maximum absolute atomic E-state index is 13.8. The van der Waals surface area contributed by atoms with Crippen molar-refractivity contribution in [2.24, 2.45) is 5.92 Å². The van der Waals surface area contributed by atoms with E-state index in [1.54, 1.807) is 31.4 Å². The zero-order chi connectivity index (χ0) is 30.4. The molecular weight excluding hydrogens is 600 g/mol. The second-order valence-corrected chi connectivity index (χ2v) is 13.8. The van der Waals surface area contributed by atoms with Gasteiger partial charge in [0, 0.05) is 17.7 Å². The van der Waals surface area contributed by atoms with E-state index in [4.69, 9.17) is 25.8 Å². The first-order chi connectivity index (χ1) is 20.6. The molecule has 43 heavy (non-hydrogen) atoms. The number of carbonyl (C=O) groups excluding carboxylic acids is 3. The number of aromatic nitrogens is 1. The van der Waals surface area contributed by atoms with Gasteiger partial charge in [-0.25, -0.2) is 18.2 Å². The Morgan fingerprint density at radius 2 is 2.05 bits per heavy atom. The van der Waals surface area contributed by atoms with Crippen LogP contribution in [0.3, 0.4) is 0 Å². The minimum absolute atomic E-state index is 0.0291. The maximum Gasteiger partial charge on any atom is 0.410 e. The molecule has 4 aliphatic rings. The number of hydrogen-bond donors (Lipinski definition) is 2. The summed E-state index contributed by atoms with van der Waals surface area (Å²) in [4.78, 5) is 45.9. The van der Waals surface area contributed by atoms with Crippen LogP contribution in [0, 0.1) is 5.92 Å². The lowest BCUT2D eigenvalue weighted by molar-refractivity contribution is -0.131. The lowest BCUT2D eigenvalue weighted by Crippen LogP contribution is -2.56. The molecule has 2 aliphatic heterocycles. The van der Waals surface area contributed by atoms with Crippen LogP contribution in [0.2, 0.25) is 5.15 Å². The monoisotopic (exact) mass is 632 g/mol. The van der Waals surface area contributed by atoms with Crippen LogP contribution in [0.25, 0.3) is 10.8 Å². The van der Waals surface area contributed by atoms with E-state index in [0.717, 1.165) is 11.8 Å². The topological polar surface area (TPSA) is 153 Å². The molecule has 0 unspecified atom stereocenters. The molecular formula is C29H33ClN4O8S. The van der Waals surface area contributed by atoms with Crippen molar-refractivity contribution in [1.82, 2.24) is 19.9 Å². The number of benzene rings is 1. The van der Waals surface area contributed by atoms with Crippen molar-refractivity contribution in [1.29, 1.82) is 0 Å². The van der Waals surface area contributed by atoms with Gasteiger partial charge < -0.3 is 19.5 Å². The number of halogens is 1. The van der Waals surface area contributed by atoms with Crippen LogP contribution >= 0.6 is 11.6 Å². The van der Waals surface area contributed by atoms with Crippen molar-refractivity contribution in [3.05, 3.63) is 41.6 Å². The summed E-state index contributed by atoms with van der Waals surface area (Å²) >= 11 is 6.28. The van der Waals surface area contributed by atoms with E-state index in [2.05, 4.69) is 15.0 Å². The molecule has 2 N–H and O–H groups in total. The summed E-state index contributed by atoms with van der Waals surface area (Å²) in [6.45, 7) is 0.224. The van der Waals surface area contributed by atoms with E-state index >= 15 is 0 Å². The summed E-state index contributed by atoms with van der Waals surface area (Å²) in [5, 5.41) is 3.83. The molecule has 0 spiro atoms. The third kappa shape index (κ3) is 6.10. The van der Waals surface area contributed by atoms with E-state index in [-0.39, 0.29) is 42.9 Å². The zero-order valence-electron chi connectivity index (χ0n) is 23.6. The Balaban J connectivity index is 1.26. The minimum Gasteiger partial charge on any atom is -0.497 e. The molecule has 1 aromatic heterocycles. The van der Waals surface area contributed by atoms with Gasteiger partial charge in [-0.2, -0.15) is 0 Å². The van der Waals surface area contributed by atoms with Crippen molar-refractivity contribution < 1.29 is 37.0 Å². The van der Waals surface area contributed by atoms with Gasteiger partial charge in [0.1, 0.15) is 28.6 Å². The predicted octanol–water partition coefficient (Wildman–Crippen LogP) is 3.08. The highest BCUT2D eigenvalue weighted by molar-refractivity contribution is 7.91. The molecule has 230 valence electrons. The fourth-order valence-corrected chi connectivity index (χ4v) is 7.27. The molecule has 2 aromatic rings. The van der Waals surface area contributed by atoms with Gasteiger partial charge in [-0.15, -0.1) is 0 Å². The number of carbonyl (C=O) groups is 3. The standard InChI is InChI=1S/C29H33ClN4O8S/c1-40-19-7-10-22-17(12-19)13-24(30)31-26(22)42-20-14-23-25(35)32-29(27(36)33-43(38,39)21-8-9-21)15-18(29)6-4-2-3-5-11-41-28(37)34(23)16-20/h4,6-7,10,12-13,18,20-21,23H,2-3,5,8-9,11,14-16H2,1H3,(H,32,35)(H,33,36)/b6-4-/t18-,20+,23-,29-/m0/s1. The molecule has 2 aliphatic carbocycles. The number of sulfonamides is 1. The Bertz CT molecular complexity index is 1600. The molecule has 4 atom stereocenters. The highest BCUT2D eigenvalue weighted by Crippen LogP contribution is 2.46. The third-order valence-electron chi connectivity index (χ3n) is 8.37. The maximum atomic E-state index is 13.8. The van der Waals surface area contributed by atoms with Gasteiger partial charge in [-0.1, -0.05) is 23.8 Å². The second kappa shape index (κ2) is 11.5. The summed E-state index contributed by atoms with van der Waals surface area (Å²) in [6, 6.07) is 6.01. The second-order valence-electron chi connectivity index (χ2n) is 11.5. The predicted molar refractivity (Wildman–Crippen MR) is 156 cm³/mol. The summed E-state index contributed by atoms with van der Waals surface area (Å²) in [6.07, 6.45) is 5.85. The Hall–Kier alpha value is -3.58. The average Bonchev–Trinajstić information content (AvgIpc) is 3.89. The van der Waals surface area contributed by atoms with E-state index in [0.29, 0.717) is 36.8 Å². The lowest BCUT2D eigenvalue weighted by Gasteiger charge is -2.26. The molecule has 3 heterocycles. The van der Waals surface area contributed by atoms with E-state index in [1.807, 2.05) is 12.2 Å². The third-order valence-corrected chi connectivity index (χ3v) is 10.4. The number of amides is 3. The van der Waals surface area contributed by atoms with Gasteiger partial charge in [0.05, 0.1) is 25.5 Å². The van der Waals surface area contributed by atoms with Gasteiger partial charge in [-0.05, 0) is 68.2 Å². The Morgan fingerprint density at radius 3 is 2.81 bits per heavy atom. The fourth-order valence-electron chi connectivity index (χ4n) is 5.71. The van der Waals surface area contributed by atoms with Crippen molar-refractivity contribution in [2.75, 3.05) is 20.3 Å². The molecule has 14 heteroatoms. The van der Waals surface area contributed by atoms with E-state index < -0.39 is 50.9 Å². The number of cyclic esters (lactones) is 1. The molecule has 0 bridgehead atoms. The summed E-state index contributed by atoms with van der Waals surface area (Å²) in [7, 11) is -2.27. The van der Waals surface area contributed by atoms with Crippen molar-refractivity contribution in [2.45, 2.75) is 67.9 Å². The summed E-state index contributed by atoms with van der Waals surface area (Å²) in [5.41, 5.74) is -1.43. The molecule has 6 rings (SSSR count). The quantitative estimate of drug-likeness (QED) is 0.361. The van der Waals surface area contributed by atoms with Crippen LogP contribution in [0.4, 0.5) is 4.79 Å². The Labute approximate surface area is 254 Å². The van der Waals surface area contributed by atoms with Crippen LogP contribution in [0.5, 0.6) is 11.6 Å². The highest BCUT2D eigenvalue weighted by atomic mass is 35.5. The smallest absolute Gasteiger partial charge is 0.410 e. The number of rotatable bonds is 6. The van der Waals surface area contributed by atoms with Crippen molar-refractivity contribution in [3.63, 3.8) is 0 Å². The van der Waals surface area contributed by atoms with Gasteiger partial charge >= 0.3 is 6.09 Å². The first-order valence-corrected chi connectivity index (χ1v) is 16.3. The SMILES string of the molecule is COc1ccc2c(O[C@@H]3C[C@H]4C(=O)N[C@@]5(C(=O)NS(=O)(=O)C6CC6)C[C@@H]5/C=C\CCCCOC(=O)N4C3)nc(Cl)cc2c1. The molecule has 0 radical (unpaired) electrons. The molecule has 3 fully saturated rings. The molecule has 2 saturated carbocycles. The lowest BCUT2D eigenvalue weighted by atomic mass is 10.1. The number of pyridine rings is 1. The first-order valence-electron chi connectivity index (χ1n) is 14.4. The zero-order valence-corrected chi connectivity index (χ0v) is 25.2. The number of nitrogens with one attached hydrogen (secondary N) is 2.